The first-order valence-corrected chi connectivity index (χ1v) is 10.0. The largest absolute Gasteiger partial charge is 0.416 e. The molecule has 3 heterocycles. The second-order valence-electron chi connectivity index (χ2n) is 7.70. The van der Waals surface area contributed by atoms with Crippen molar-refractivity contribution < 1.29 is 22.4 Å². The Morgan fingerprint density at radius 1 is 1.09 bits per heavy atom. The van der Waals surface area contributed by atoms with Crippen LogP contribution in [0.3, 0.4) is 0 Å². The number of nitrogens with zero attached hydrogens (tertiary/aromatic N) is 3. The summed E-state index contributed by atoms with van der Waals surface area (Å²) in [4.78, 5) is 25.5. The summed E-state index contributed by atoms with van der Waals surface area (Å²) >= 11 is 0. The molecule has 0 unspecified atom stereocenters. The maximum atomic E-state index is 13.2. The van der Waals surface area contributed by atoms with Crippen molar-refractivity contribution in [3.05, 3.63) is 93.8 Å². The van der Waals surface area contributed by atoms with Crippen molar-refractivity contribution in [2.75, 3.05) is 0 Å². The van der Waals surface area contributed by atoms with Crippen molar-refractivity contribution >= 4 is 11.5 Å². The molecule has 0 atom stereocenters. The Balaban J connectivity index is 1.43. The number of benzene rings is 1. The van der Waals surface area contributed by atoms with Gasteiger partial charge in [0.15, 0.2) is 0 Å². The monoisotopic (exact) mass is 441 g/mol. The van der Waals surface area contributed by atoms with Crippen molar-refractivity contribution in [3.8, 4) is 0 Å². The normalized spacial score (nSPS) is 13.1. The van der Waals surface area contributed by atoms with E-state index < -0.39 is 17.6 Å². The number of halogens is 4. The summed E-state index contributed by atoms with van der Waals surface area (Å²) in [7, 11) is 0. The van der Waals surface area contributed by atoms with Crippen molar-refractivity contribution in [3.63, 3.8) is 0 Å². The molecule has 0 fully saturated rings. The molecule has 3 aromatic rings. The first kappa shape index (κ1) is 21.8. The van der Waals surface area contributed by atoms with Gasteiger partial charge in [0.1, 0.15) is 11.6 Å². The predicted molar refractivity (Wildman–Crippen MR) is 111 cm³/mol. The molecule has 4 nitrogen and oxygen atoms in total. The highest BCUT2D eigenvalue weighted by molar-refractivity contribution is 6.15. The van der Waals surface area contributed by atoms with Crippen LogP contribution in [0.25, 0.3) is 0 Å². The van der Waals surface area contributed by atoms with E-state index in [-0.39, 0.29) is 30.6 Å². The molecule has 8 heteroatoms. The number of hydrogen-bond acceptors (Lipinski definition) is 4. The van der Waals surface area contributed by atoms with Crippen molar-refractivity contribution in [1.82, 2.24) is 9.97 Å². The molecule has 0 amide bonds. The molecular weight excluding hydrogens is 422 g/mol. The molecule has 4 rings (SSSR count). The zero-order valence-corrected chi connectivity index (χ0v) is 17.2. The lowest BCUT2D eigenvalue weighted by Gasteiger charge is -2.12. The Morgan fingerprint density at radius 3 is 2.66 bits per heavy atom. The Kier molecular flexibility index (Phi) is 5.86. The molecule has 0 saturated heterocycles. The molecule has 0 spiro atoms. The SMILES string of the molecule is Cc1cc(C2=NCc3cc(CC(=O)CCc4ccc(F)cc4C(F)(F)F)ncc32)ccn1. The van der Waals surface area contributed by atoms with Gasteiger partial charge in [0.25, 0.3) is 0 Å². The Morgan fingerprint density at radius 2 is 1.91 bits per heavy atom. The van der Waals surface area contributed by atoms with Crippen LogP contribution in [0.5, 0.6) is 0 Å². The highest BCUT2D eigenvalue weighted by Crippen LogP contribution is 2.33. The van der Waals surface area contributed by atoms with E-state index in [0.29, 0.717) is 18.3 Å². The number of aryl methyl sites for hydroxylation is 2. The minimum atomic E-state index is -4.67. The fourth-order valence-corrected chi connectivity index (χ4v) is 3.77. The van der Waals surface area contributed by atoms with Gasteiger partial charge in [-0.25, -0.2) is 4.39 Å². The van der Waals surface area contributed by atoms with E-state index in [2.05, 4.69) is 15.0 Å². The molecule has 1 aliphatic rings. The van der Waals surface area contributed by atoms with Crippen LogP contribution in [-0.2, 0) is 30.4 Å². The fraction of sp³-hybridized carbons (Fsp3) is 0.250. The number of Topliss-reactive ketones (excluding diaryl/α,β-unsaturated/α-hetero) is 1. The van der Waals surface area contributed by atoms with E-state index in [9.17, 15) is 22.4 Å². The van der Waals surface area contributed by atoms with Gasteiger partial charge in [-0.05, 0) is 54.8 Å². The molecule has 2 aromatic heterocycles. The molecule has 0 radical (unpaired) electrons. The van der Waals surface area contributed by atoms with Crippen LogP contribution in [0.4, 0.5) is 17.6 Å². The van der Waals surface area contributed by atoms with Crippen molar-refractivity contribution in [2.45, 2.75) is 38.9 Å². The number of fused-ring (bicyclic) bond motifs is 1. The lowest BCUT2D eigenvalue weighted by Crippen LogP contribution is -2.12. The molecule has 1 aliphatic heterocycles. The summed E-state index contributed by atoms with van der Waals surface area (Å²) in [6, 6.07) is 8.15. The average Bonchev–Trinajstić information content (AvgIpc) is 3.15. The van der Waals surface area contributed by atoms with Crippen LogP contribution in [0.1, 0.15) is 45.6 Å². The number of aromatic nitrogens is 2. The zero-order chi connectivity index (χ0) is 22.9. The zero-order valence-electron chi connectivity index (χ0n) is 17.2. The lowest BCUT2D eigenvalue weighted by atomic mass is 9.98. The van der Waals surface area contributed by atoms with Gasteiger partial charge in [0.2, 0.25) is 0 Å². The summed E-state index contributed by atoms with van der Waals surface area (Å²) in [5.41, 5.74) is 3.90. The van der Waals surface area contributed by atoms with Gasteiger partial charge < -0.3 is 0 Å². The Bertz CT molecular complexity index is 1220. The molecule has 0 aliphatic carbocycles. The Hall–Kier alpha value is -3.42. The summed E-state index contributed by atoms with van der Waals surface area (Å²) in [5.74, 6) is -1.20. The first-order valence-electron chi connectivity index (χ1n) is 10.0. The third kappa shape index (κ3) is 4.74. The average molecular weight is 441 g/mol. The van der Waals surface area contributed by atoms with Crippen LogP contribution in [0.2, 0.25) is 0 Å². The molecule has 32 heavy (non-hydrogen) atoms. The molecule has 164 valence electrons. The molecule has 0 bridgehead atoms. The standard InChI is InChI=1S/C24H19F4N3O/c1-14-8-16(6-7-29-14)23-21-13-30-19(9-17(21)12-31-23)11-20(32)5-3-15-2-4-18(25)10-22(15)24(26,27)28/h2,4,6-10,13H,3,5,11-12H2,1H3. The van der Waals surface area contributed by atoms with E-state index in [0.717, 1.165) is 40.2 Å². The first-order chi connectivity index (χ1) is 15.2. The van der Waals surface area contributed by atoms with Crippen LogP contribution in [-0.4, -0.2) is 21.5 Å². The van der Waals surface area contributed by atoms with E-state index >= 15 is 0 Å². The quantitative estimate of drug-likeness (QED) is 0.504. The second-order valence-corrected chi connectivity index (χ2v) is 7.70. The van der Waals surface area contributed by atoms with Crippen LogP contribution >= 0.6 is 0 Å². The van der Waals surface area contributed by atoms with Gasteiger partial charge in [-0.1, -0.05) is 6.07 Å². The number of carbonyl (C=O) groups excluding carboxylic acids is 1. The van der Waals surface area contributed by atoms with Gasteiger partial charge in [-0.2, -0.15) is 13.2 Å². The molecular formula is C24H19F4N3O. The van der Waals surface area contributed by atoms with Gasteiger partial charge in [0.05, 0.1) is 17.8 Å². The van der Waals surface area contributed by atoms with Crippen LogP contribution in [0, 0.1) is 12.7 Å². The number of carbonyl (C=O) groups is 1. The van der Waals surface area contributed by atoms with E-state index in [1.165, 1.54) is 0 Å². The minimum absolute atomic E-state index is 0.0134. The van der Waals surface area contributed by atoms with E-state index in [1.807, 2.05) is 25.1 Å². The predicted octanol–water partition coefficient (Wildman–Crippen LogP) is 5.04. The summed E-state index contributed by atoms with van der Waals surface area (Å²) in [6.07, 6.45) is -1.47. The maximum absolute atomic E-state index is 13.2. The molecule has 1 aromatic carbocycles. The van der Waals surface area contributed by atoms with Crippen molar-refractivity contribution in [2.24, 2.45) is 4.99 Å². The third-order valence-electron chi connectivity index (χ3n) is 5.31. The smallest absolute Gasteiger partial charge is 0.299 e. The fourth-order valence-electron chi connectivity index (χ4n) is 3.77. The lowest BCUT2D eigenvalue weighted by molar-refractivity contribution is -0.138. The third-order valence-corrected chi connectivity index (χ3v) is 5.31. The highest BCUT2D eigenvalue weighted by atomic mass is 19.4. The van der Waals surface area contributed by atoms with Gasteiger partial charge in [-0.15, -0.1) is 0 Å². The summed E-state index contributed by atoms with van der Waals surface area (Å²) in [6.45, 7) is 2.37. The number of rotatable bonds is 6. The summed E-state index contributed by atoms with van der Waals surface area (Å²) < 4.78 is 52.6. The van der Waals surface area contributed by atoms with E-state index in [1.54, 1.807) is 12.4 Å². The minimum Gasteiger partial charge on any atom is -0.299 e. The van der Waals surface area contributed by atoms with Crippen LogP contribution in [0.15, 0.2) is 53.8 Å². The van der Waals surface area contributed by atoms with Gasteiger partial charge in [-0.3, -0.25) is 19.8 Å². The molecule has 0 N–H and O–H groups in total. The number of hydrogen-bond donors (Lipinski definition) is 0. The highest BCUT2D eigenvalue weighted by Gasteiger charge is 2.33. The number of aliphatic imine (C=N–C) groups is 1. The molecule has 0 saturated carbocycles. The van der Waals surface area contributed by atoms with Gasteiger partial charge >= 0.3 is 6.18 Å². The number of alkyl halides is 3. The van der Waals surface area contributed by atoms with Crippen LogP contribution < -0.4 is 0 Å². The number of ketones is 1. The topological polar surface area (TPSA) is 55.2 Å². The van der Waals surface area contributed by atoms with Gasteiger partial charge in [0, 0.05) is 47.8 Å². The van der Waals surface area contributed by atoms with E-state index in [4.69, 9.17) is 0 Å². The van der Waals surface area contributed by atoms with Crippen molar-refractivity contribution in [1.29, 1.82) is 0 Å². The summed E-state index contributed by atoms with van der Waals surface area (Å²) in [5, 5.41) is 0. The second kappa shape index (κ2) is 8.61. The Labute approximate surface area is 182 Å². The maximum Gasteiger partial charge on any atom is 0.416 e. The number of pyridine rings is 2.